The number of carbonyl (C=O) groups excluding carboxylic acids is 2. The quantitative estimate of drug-likeness (QED) is 0.819. The number of quaternary nitrogens is 1. The lowest BCUT2D eigenvalue weighted by atomic mass is 10.1. The molecule has 0 unspecified atom stereocenters. The first-order valence-corrected chi connectivity index (χ1v) is 9.70. The molecule has 0 aliphatic carbocycles. The number of para-hydroxylation sites is 1. The van der Waals surface area contributed by atoms with Crippen LogP contribution in [0, 0.1) is 6.92 Å². The van der Waals surface area contributed by atoms with Gasteiger partial charge in [-0.2, -0.15) is 0 Å². The van der Waals surface area contributed by atoms with Crippen molar-refractivity contribution >= 4 is 34.8 Å². The Hall–Kier alpha value is -2.37. The van der Waals surface area contributed by atoms with Gasteiger partial charge in [0.15, 0.2) is 6.04 Å². The molecule has 2 saturated heterocycles. The van der Waals surface area contributed by atoms with Gasteiger partial charge >= 0.3 is 0 Å². The van der Waals surface area contributed by atoms with E-state index in [9.17, 15) is 9.59 Å². The van der Waals surface area contributed by atoms with E-state index in [0.29, 0.717) is 5.69 Å². The van der Waals surface area contributed by atoms with Crippen molar-refractivity contribution < 1.29 is 14.5 Å². The Balaban J connectivity index is 1.45. The minimum atomic E-state index is -0.286. The third kappa shape index (κ3) is 3.45. The highest BCUT2D eigenvalue weighted by atomic mass is 35.5. The predicted octanol–water partition coefficient (Wildman–Crippen LogP) is 1.69. The maximum absolute atomic E-state index is 13.0. The first-order valence-electron chi connectivity index (χ1n) is 9.32. The van der Waals surface area contributed by atoms with Gasteiger partial charge in [-0.1, -0.05) is 35.9 Å². The summed E-state index contributed by atoms with van der Waals surface area (Å²) in [5, 5.41) is 0.749. The first-order chi connectivity index (χ1) is 13.0. The molecule has 4 rings (SSSR count). The Labute approximate surface area is 164 Å². The molecule has 0 aromatic heterocycles. The first kappa shape index (κ1) is 18.0. The van der Waals surface area contributed by atoms with Crippen molar-refractivity contribution in [1.29, 1.82) is 0 Å². The van der Waals surface area contributed by atoms with Crippen molar-refractivity contribution in [2.24, 2.45) is 0 Å². The van der Waals surface area contributed by atoms with E-state index in [2.05, 4.69) is 4.90 Å². The molecule has 0 bridgehead atoms. The third-order valence-corrected chi connectivity index (χ3v) is 5.82. The second-order valence-electron chi connectivity index (χ2n) is 7.26. The van der Waals surface area contributed by atoms with Crippen LogP contribution in [-0.2, 0) is 9.59 Å². The molecule has 0 saturated carbocycles. The largest absolute Gasteiger partial charge is 0.359 e. The summed E-state index contributed by atoms with van der Waals surface area (Å²) in [6, 6.07) is 15.1. The average molecular weight is 385 g/mol. The lowest BCUT2D eigenvalue weighted by Gasteiger charge is -2.36. The maximum atomic E-state index is 13.0. The van der Waals surface area contributed by atoms with E-state index in [1.807, 2.05) is 55.5 Å². The zero-order chi connectivity index (χ0) is 19.0. The Morgan fingerprint density at radius 1 is 1.04 bits per heavy atom. The van der Waals surface area contributed by atoms with E-state index < -0.39 is 0 Å². The minimum absolute atomic E-state index is 0.0770. The van der Waals surface area contributed by atoms with Gasteiger partial charge < -0.3 is 9.80 Å². The molecule has 27 heavy (non-hydrogen) atoms. The van der Waals surface area contributed by atoms with E-state index >= 15 is 0 Å². The third-order valence-electron chi connectivity index (χ3n) is 5.50. The summed E-state index contributed by atoms with van der Waals surface area (Å²) < 4.78 is 0. The molecule has 6 heteroatoms. The fraction of sp³-hybridized carbons (Fsp3) is 0.333. The number of nitrogens with one attached hydrogen (secondary N) is 1. The van der Waals surface area contributed by atoms with E-state index in [4.69, 9.17) is 11.6 Å². The zero-order valence-corrected chi connectivity index (χ0v) is 16.1. The number of hydrogen-bond donors (Lipinski definition) is 1. The summed E-state index contributed by atoms with van der Waals surface area (Å²) in [6.45, 7) is 5.24. The average Bonchev–Trinajstić information content (AvgIpc) is 2.96. The van der Waals surface area contributed by atoms with Crippen LogP contribution in [0.1, 0.15) is 12.0 Å². The summed E-state index contributed by atoms with van der Waals surface area (Å²) in [5.74, 6) is -0.177. The van der Waals surface area contributed by atoms with Crippen LogP contribution < -0.4 is 14.7 Å². The number of halogens is 1. The molecule has 2 aliphatic heterocycles. The van der Waals surface area contributed by atoms with Crippen molar-refractivity contribution in [2.45, 2.75) is 19.4 Å². The Morgan fingerprint density at radius 2 is 1.78 bits per heavy atom. The smallest absolute Gasteiger partial charge is 0.292 e. The number of hydrogen-bond acceptors (Lipinski definition) is 3. The van der Waals surface area contributed by atoms with Crippen LogP contribution in [0.15, 0.2) is 48.5 Å². The maximum Gasteiger partial charge on any atom is 0.292 e. The summed E-state index contributed by atoms with van der Waals surface area (Å²) in [7, 11) is 0. The number of anilines is 2. The Morgan fingerprint density at radius 3 is 2.48 bits per heavy atom. The molecule has 0 radical (unpaired) electrons. The van der Waals surface area contributed by atoms with Gasteiger partial charge in [0, 0.05) is 0 Å². The highest BCUT2D eigenvalue weighted by Gasteiger charge is 2.46. The SMILES string of the molecule is Cc1cccc(N2C(=O)C[C@@H]([NH+]3CCN(c4ccccc4Cl)CC3)C2=O)c1. The van der Waals surface area contributed by atoms with E-state index in [-0.39, 0.29) is 24.3 Å². The van der Waals surface area contributed by atoms with Crippen LogP contribution in [0.2, 0.25) is 5.02 Å². The summed E-state index contributed by atoms with van der Waals surface area (Å²) >= 11 is 6.31. The molecule has 140 valence electrons. The van der Waals surface area contributed by atoms with Crippen LogP contribution in [-0.4, -0.2) is 44.0 Å². The molecule has 0 spiro atoms. The molecule has 2 aliphatic rings. The number of imide groups is 1. The number of carbonyl (C=O) groups is 2. The van der Waals surface area contributed by atoms with Crippen LogP contribution in [0.4, 0.5) is 11.4 Å². The molecule has 2 fully saturated rings. The minimum Gasteiger partial charge on any atom is -0.359 e. The second-order valence-corrected chi connectivity index (χ2v) is 7.67. The molecular formula is C21H23ClN3O2+. The molecule has 1 N–H and O–H groups in total. The monoisotopic (exact) mass is 384 g/mol. The standard InChI is InChI=1S/C21H22ClN3O2/c1-15-5-4-6-16(13-15)25-20(26)14-19(21(25)27)24-11-9-23(10-12-24)18-8-3-2-7-17(18)22/h2-8,13,19H,9-12,14H2,1H3/p+1/t19-/m1/s1. The van der Waals surface area contributed by atoms with Crippen molar-refractivity contribution in [1.82, 2.24) is 0 Å². The topological polar surface area (TPSA) is 45.1 Å². The highest BCUT2D eigenvalue weighted by Crippen LogP contribution is 2.26. The molecule has 1 atom stereocenters. The normalized spacial score (nSPS) is 21.2. The highest BCUT2D eigenvalue weighted by molar-refractivity contribution is 6.33. The van der Waals surface area contributed by atoms with Gasteiger partial charge in [-0.15, -0.1) is 0 Å². The summed E-state index contributed by atoms with van der Waals surface area (Å²) in [5.41, 5.74) is 2.76. The number of benzene rings is 2. The van der Waals surface area contributed by atoms with Gasteiger partial charge in [-0.25, -0.2) is 4.90 Å². The van der Waals surface area contributed by atoms with Gasteiger partial charge in [-0.05, 0) is 36.8 Å². The molecular weight excluding hydrogens is 362 g/mol. The lowest BCUT2D eigenvalue weighted by Crippen LogP contribution is -3.19. The second kappa shape index (κ2) is 7.33. The van der Waals surface area contributed by atoms with Gasteiger partial charge in [-0.3, -0.25) is 9.59 Å². The van der Waals surface area contributed by atoms with Crippen LogP contribution >= 0.6 is 11.6 Å². The predicted molar refractivity (Wildman–Crippen MR) is 106 cm³/mol. The molecule has 5 nitrogen and oxygen atoms in total. The fourth-order valence-electron chi connectivity index (χ4n) is 4.08. The van der Waals surface area contributed by atoms with Crippen LogP contribution in [0.5, 0.6) is 0 Å². The van der Waals surface area contributed by atoms with Crippen molar-refractivity contribution in [3.8, 4) is 0 Å². The van der Waals surface area contributed by atoms with Gasteiger partial charge in [0.2, 0.25) is 5.91 Å². The number of rotatable bonds is 3. The van der Waals surface area contributed by atoms with Crippen molar-refractivity contribution in [3.63, 3.8) is 0 Å². The van der Waals surface area contributed by atoms with E-state index in [1.54, 1.807) is 0 Å². The van der Waals surface area contributed by atoms with Crippen LogP contribution in [0.25, 0.3) is 0 Å². The summed E-state index contributed by atoms with van der Waals surface area (Å²) in [4.78, 5) is 30.3. The lowest BCUT2D eigenvalue weighted by molar-refractivity contribution is -0.915. The summed E-state index contributed by atoms with van der Waals surface area (Å²) in [6.07, 6.45) is 0.286. The van der Waals surface area contributed by atoms with Gasteiger partial charge in [0.25, 0.3) is 5.91 Å². The zero-order valence-electron chi connectivity index (χ0n) is 15.3. The van der Waals surface area contributed by atoms with Crippen molar-refractivity contribution in [3.05, 3.63) is 59.1 Å². The van der Waals surface area contributed by atoms with E-state index in [1.165, 1.54) is 9.80 Å². The van der Waals surface area contributed by atoms with Crippen LogP contribution in [0.3, 0.4) is 0 Å². The number of nitrogens with zero attached hydrogens (tertiary/aromatic N) is 2. The van der Waals surface area contributed by atoms with Gasteiger partial charge in [0.05, 0.1) is 49.0 Å². The number of aryl methyl sites for hydroxylation is 1. The molecule has 2 heterocycles. The molecule has 2 aromatic carbocycles. The van der Waals surface area contributed by atoms with Crippen molar-refractivity contribution in [2.75, 3.05) is 36.0 Å². The fourth-order valence-corrected chi connectivity index (χ4v) is 4.34. The number of amides is 2. The van der Waals surface area contributed by atoms with E-state index in [0.717, 1.165) is 42.5 Å². The molecule has 2 aromatic rings. The molecule has 2 amide bonds. The number of piperazine rings is 1. The Kier molecular flexibility index (Phi) is 4.89. The Bertz CT molecular complexity index is 877. The van der Waals surface area contributed by atoms with Gasteiger partial charge in [0.1, 0.15) is 0 Å².